The van der Waals surface area contributed by atoms with E-state index >= 15 is 0 Å². The highest BCUT2D eigenvalue weighted by Crippen LogP contribution is 2.32. The zero-order valence-electron chi connectivity index (χ0n) is 15.8. The van der Waals surface area contributed by atoms with Crippen LogP contribution in [-0.2, 0) is 0 Å². The van der Waals surface area contributed by atoms with Gasteiger partial charge in [0.2, 0.25) is 0 Å². The third-order valence-corrected chi connectivity index (χ3v) is 5.22. The molecule has 0 fully saturated rings. The lowest BCUT2D eigenvalue weighted by atomic mass is 10.1. The number of ketones is 2. The molecule has 0 bridgehead atoms. The number of Topliss-reactive ketones (excluding diaryl/α,β-unsaturated/α-hetero) is 2. The van der Waals surface area contributed by atoms with Crippen molar-refractivity contribution >= 4 is 39.5 Å². The van der Waals surface area contributed by atoms with Crippen molar-refractivity contribution in [3.63, 3.8) is 0 Å². The van der Waals surface area contributed by atoms with Crippen LogP contribution in [0.1, 0.15) is 36.6 Å². The van der Waals surface area contributed by atoms with Gasteiger partial charge in [-0.2, -0.15) is 0 Å². The number of carbonyl (C=O) groups is 3. The number of halogens is 1. The maximum absolute atomic E-state index is 12.6. The average Bonchev–Trinajstić information content (AvgIpc) is 3.00. The van der Waals surface area contributed by atoms with Gasteiger partial charge in [-0.25, -0.2) is 4.79 Å². The van der Waals surface area contributed by atoms with Crippen molar-refractivity contribution in [2.75, 3.05) is 7.11 Å². The summed E-state index contributed by atoms with van der Waals surface area (Å²) in [5, 5.41) is 0. The fourth-order valence-corrected chi connectivity index (χ4v) is 3.44. The van der Waals surface area contributed by atoms with E-state index in [4.69, 9.17) is 9.47 Å². The van der Waals surface area contributed by atoms with Crippen molar-refractivity contribution in [2.24, 2.45) is 0 Å². The second-order valence-electron chi connectivity index (χ2n) is 6.57. The van der Waals surface area contributed by atoms with Gasteiger partial charge in [0.15, 0.2) is 23.1 Å². The summed E-state index contributed by atoms with van der Waals surface area (Å²) >= 11 is 3.32. The number of ether oxygens (including phenoxy) is 2. The van der Waals surface area contributed by atoms with Gasteiger partial charge in [-0.15, -0.1) is 0 Å². The minimum absolute atomic E-state index is 0.0952. The fourth-order valence-electron chi connectivity index (χ4n) is 3.17. The number of rotatable bonds is 4. The number of hydrogen-bond donors (Lipinski definition) is 0. The van der Waals surface area contributed by atoms with Crippen LogP contribution in [0.3, 0.4) is 0 Å². The van der Waals surface area contributed by atoms with Crippen molar-refractivity contribution in [3.05, 3.63) is 99.0 Å². The normalized spacial score (nSPS) is 12.5. The standard InChI is InChI=1S/C24H15BrO5/c1-29-21-13-14(12-19-22(26)17-4-2-3-5-18(17)23(19)27)6-11-20(21)30-24(28)15-7-9-16(25)10-8-15/h2-13H,1H3. The molecule has 30 heavy (non-hydrogen) atoms. The topological polar surface area (TPSA) is 69.7 Å². The van der Waals surface area contributed by atoms with Crippen LogP contribution in [0.4, 0.5) is 0 Å². The summed E-state index contributed by atoms with van der Waals surface area (Å²) in [6.07, 6.45) is 1.52. The van der Waals surface area contributed by atoms with E-state index in [9.17, 15) is 14.4 Å². The molecule has 0 spiro atoms. The largest absolute Gasteiger partial charge is 0.493 e. The first-order valence-electron chi connectivity index (χ1n) is 9.04. The highest BCUT2D eigenvalue weighted by molar-refractivity contribution is 9.10. The van der Waals surface area contributed by atoms with Crippen molar-refractivity contribution < 1.29 is 23.9 Å². The molecular weight excluding hydrogens is 448 g/mol. The van der Waals surface area contributed by atoms with E-state index in [2.05, 4.69) is 15.9 Å². The Morgan fingerprint density at radius 2 is 1.50 bits per heavy atom. The zero-order chi connectivity index (χ0) is 21.3. The second-order valence-corrected chi connectivity index (χ2v) is 7.48. The molecule has 0 aromatic heterocycles. The van der Waals surface area contributed by atoms with Gasteiger partial charge in [0.05, 0.1) is 18.2 Å². The second kappa shape index (κ2) is 8.08. The molecule has 1 aliphatic rings. The van der Waals surface area contributed by atoms with Gasteiger partial charge >= 0.3 is 5.97 Å². The maximum Gasteiger partial charge on any atom is 0.343 e. The maximum atomic E-state index is 12.6. The molecular formula is C24H15BrO5. The third-order valence-electron chi connectivity index (χ3n) is 4.69. The molecule has 3 aromatic rings. The van der Waals surface area contributed by atoms with Crippen LogP contribution in [0.5, 0.6) is 11.5 Å². The van der Waals surface area contributed by atoms with E-state index in [1.54, 1.807) is 66.7 Å². The molecule has 4 rings (SSSR count). The van der Waals surface area contributed by atoms with E-state index in [1.165, 1.54) is 13.2 Å². The minimum Gasteiger partial charge on any atom is -0.493 e. The Labute approximate surface area is 181 Å². The first kappa shape index (κ1) is 19.8. The summed E-state index contributed by atoms with van der Waals surface area (Å²) in [6, 6.07) is 18.4. The van der Waals surface area contributed by atoms with Crippen molar-refractivity contribution in [1.29, 1.82) is 0 Å². The Hall–Kier alpha value is -3.51. The molecule has 0 unspecified atom stereocenters. The molecule has 1 aliphatic carbocycles. The van der Waals surface area contributed by atoms with E-state index in [0.29, 0.717) is 28.0 Å². The third kappa shape index (κ3) is 3.69. The predicted octanol–water partition coefficient (Wildman–Crippen LogP) is 5.14. The molecule has 0 atom stereocenters. The van der Waals surface area contributed by atoms with Crippen LogP contribution in [-0.4, -0.2) is 24.6 Å². The molecule has 6 heteroatoms. The molecule has 0 amide bonds. The van der Waals surface area contributed by atoms with Crippen molar-refractivity contribution in [3.8, 4) is 11.5 Å². The molecule has 0 radical (unpaired) electrons. The first-order valence-corrected chi connectivity index (χ1v) is 9.83. The molecule has 148 valence electrons. The van der Waals surface area contributed by atoms with Crippen LogP contribution < -0.4 is 9.47 Å². The number of carbonyl (C=O) groups excluding carboxylic acids is 3. The lowest BCUT2D eigenvalue weighted by molar-refractivity contribution is 0.0729. The number of hydrogen-bond acceptors (Lipinski definition) is 5. The highest BCUT2D eigenvalue weighted by atomic mass is 79.9. The quantitative estimate of drug-likeness (QED) is 0.232. The van der Waals surface area contributed by atoms with Crippen molar-refractivity contribution in [2.45, 2.75) is 0 Å². The minimum atomic E-state index is -0.525. The molecule has 0 saturated heterocycles. The molecule has 0 saturated carbocycles. The van der Waals surface area contributed by atoms with Gasteiger partial charge in [0.1, 0.15) is 0 Å². The Balaban J connectivity index is 1.61. The first-order chi connectivity index (χ1) is 14.5. The Kier molecular flexibility index (Phi) is 5.33. The lowest BCUT2D eigenvalue weighted by Gasteiger charge is -2.10. The lowest BCUT2D eigenvalue weighted by Crippen LogP contribution is -2.09. The summed E-state index contributed by atoms with van der Waals surface area (Å²) in [5.41, 5.74) is 1.88. The molecule has 5 nitrogen and oxygen atoms in total. The number of esters is 1. The summed E-state index contributed by atoms with van der Waals surface area (Å²) in [7, 11) is 1.45. The number of methoxy groups -OCH3 is 1. The molecule has 0 aliphatic heterocycles. The molecule has 0 N–H and O–H groups in total. The van der Waals surface area contributed by atoms with E-state index in [0.717, 1.165) is 4.47 Å². The van der Waals surface area contributed by atoms with Gasteiger partial charge in [0.25, 0.3) is 0 Å². The fraction of sp³-hybridized carbons (Fsp3) is 0.0417. The summed E-state index contributed by atoms with van der Waals surface area (Å²) < 4.78 is 11.6. The van der Waals surface area contributed by atoms with Crippen LogP contribution in [0, 0.1) is 0 Å². The number of allylic oxidation sites excluding steroid dienone is 1. The predicted molar refractivity (Wildman–Crippen MR) is 115 cm³/mol. The van der Waals surface area contributed by atoms with Gasteiger partial charge in [0, 0.05) is 15.6 Å². The monoisotopic (exact) mass is 462 g/mol. The van der Waals surface area contributed by atoms with Crippen LogP contribution in [0.15, 0.2) is 76.8 Å². The Morgan fingerprint density at radius 3 is 2.10 bits per heavy atom. The van der Waals surface area contributed by atoms with Gasteiger partial charge in [-0.3, -0.25) is 9.59 Å². The average molecular weight is 463 g/mol. The Bertz CT molecular complexity index is 1170. The smallest absolute Gasteiger partial charge is 0.343 e. The van der Waals surface area contributed by atoms with Crippen LogP contribution >= 0.6 is 15.9 Å². The van der Waals surface area contributed by atoms with Crippen LogP contribution in [0.2, 0.25) is 0 Å². The van der Waals surface area contributed by atoms with E-state index in [-0.39, 0.29) is 22.9 Å². The summed E-state index contributed by atoms with van der Waals surface area (Å²) in [4.78, 5) is 37.5. The molecule has 3 aromatic carbocycles. The van der Waals surface area contributed by atoms with Crippen LogP contribution in [0.25, 0.3) is 6.08 Å². The van der Waals surface area contributed by atoms with E-state index in [1.807, 2.05) is 0 Å². The number of fused-ring (bicyclic) bond motifs is 1. The van der Waals surface area contributed by atoms with E-state index < -0.39 is 5.97 Å². The zero-order valence-corrected chi connectivity index (χ0v) is 17.4. The number of benzene rings is 3. The summed E-state index contributed by atoms with van der Waals surface area (Å²) in [5.74, 6) is -0.589. The Morgan fingerprint density at radius 1 is 0.867 bits per heavy atom. The van der Waals surface area contributed by atoms with Crippen molar-refractivity contribution in [1.82, 2.24) is 0 Å². The van der Waals surface area contributed by atoms with Gasteiger partial charge < -0.3 is 9.47 Å². The van der Waals surface area contributed by atoms with Gasteiger partial charge in [-0.05, 0) is 48.0 Å². The highest BCUT2D eigenvalue weighted by Gasteiger charge is 2.32. The van der Waals surface area contributed by atoms with Gasteiger partial charge in [-0.1, -0.05) is 46.3 Å². The molecule has 0 heterocycles. The SMILES string of the molecule is COc1cc(C=C2C(=O)c3ccccc3C2=O)ccc1OC(=O)c1ccc(Br)cc1. The summed E-state index contributed by atoms with van der Waals surface area (Å²) in [6.45, 7) is 0.